The van der Waals surface area contributed by atoms with Crippen LogP contribution in [0.3, 0.4) is 0 Å². The third-order valence-corrected chi connectivity index (χ3v) is 4.56. The minimum atomic E-state index is -0.186. The van der Waals surface area contributed by atoms with Crippen molar-refractivity contribution in [3.05, 3.63) is 39.3 Å². The minimum Gasteiger partial charge on any atom is -0.395 e. The predicted molar refractivity (Wildman–Crippen MR) is 86.2 cm³/mol. The Kier molecular flexibility index (Phi) is 5.58. The number of aromatic nitrogens is 1. The molecule has 0 saturated heterocycles. The van der Waals surface area contributed by atoms with Crippen LogP contribution >= 0.6 is 34.5 Å². The molecule has 4 nitrogen and oxygen atoms in total. The molecule has 112 valence electrons. The average Bonchev–Trinajstić information content (AvgIpc) is 2.96. The number of rotatable bonds is 5. The number of nitrogens with zero attached hydrogens (tertiary/aromatic N) is 2. The Morgan fingerprint density at radius 1 is 1.38 bits per heavy atom. The van der Waals surface area contributed by atoms with Crippen LogP contribution in [0.15, 0.2) is 23.6 Å². The molecular formula is C14H14Cl2N2O2S. The summed E-state index contributed by atoms with van der Waals surface area (Å²) >= 11 is 13.2. The van der Waals surface area contributed by atoms with E-state index in [1.165, 1.54) is 11.3 Å². The van der Waals surface area contributed by atoms with E-state index < -0.39 is 0 Å². The number of thiazole rings is 1. The van der Waals surface area contributed by atoms with Crippen molar-refractivity contribution in [1.82, 2.24) is 9.88 Å². The summed E-state index contributed by atoms with van der Waals surface area (Å²) in [6.45, 7) is 2.62. The summed E-state index contributed by atoms with van der Waals surface area (Å²) in [5, 5.41) is 12.3. The maximum absolute atomic E-state index is 12.2. The topological polar surface area (TPSA) is 53.4 Å². The summed E-state index contributed by atoms with van der Waals surface area (Å²) in [6, 6.07) is 5.24. The molecule has 0 atom stereocenters. The van der Waals surface area contributed by atoms with Crippen molar-refractivity contribution < 1.29 is 9.90 Å². The van der Waals surface area contributed by atoms with E-state index in [2.05, 4.69) is 4.98 Å². The van der Waals surface area contributed by atoms with Gasteiger partial charge in [0.25, 0.3) is 5.91 Å². The maximum atomic E-state index is 12.2. The van der Waals surface area contributed by atoms with Crippen molar-refractivity contribution in [3.63, 3.8) is 0 Å². The summed E-state index contributed by atoms with van der Waals surface area (Å²) in [7, 11) is 0. The summed E-state index contributed by atoms with van der Waals surface area (Å²) < 4.78 is 0. The van der Waals surface area contributed by atoms with Crippen molar-refractivity contribution in [1.29, 1.82) is 0 Å². The van der Waals surface area contributed by atoms with E-state index in [1.54, 1.807) is 22.4 Å². The van der Waals surface area contributed by atoms with Crippen LogP contribution in [-0.4, -0.2) is 40.6 Å². The standard InChI is InChI=1S/C14H14Cl2N2O2S/c1-2-18(5-6-19)14(20)12-8-21-13(17-12)9-3-4-10(15)11(16)7-9/h3-4,7-8,19H,2,5-6H2,1H3. The summed E-state index contributed by atoms with van der Waals surface area (Å²) in [4.78, 5) is 18.1. The summed E-state index contributed by atoms with van der Waals surface area (Å²) in [5.41, 5.74) is 1.19. The van der Waals surface area contributed by atoms with Gasteiger partial charge >= 0.3 is 0 Å². The van der Waals surface area contributed by atoms with Gasteiger partial charge in [-0.15, -0.1) is 11.3 Å². The number of carbonyl (C=O) groups excluding carboxylic acids is 1. The second-order valence-electron chi connectivity index (χ2n) is 4.28. The van der Waals surface area contributed by atoms with Crippen LogP contribution in [0.1, 0.15) is 17.4 Å². The lowest BCUT2D eigenvalue weighted by molar-refractivity contribution is 0.0727. The quantitative estimate of drug-likeness (QED) is 0.901. The van der Waals surface area contributed by atoms with Crippen molar-refractivity contribution in [2.45, 2.75) is 6.92 Å². The molecule has 1 N–H and O–H groups in total. The zero-order valence-corrected chi connectivity index (χ0v) is 13.7. The fraction of sp³-hybridized carbons (Fsp3) is 0.286. The normalized spacial score (nSPS) is 10.7. The van der Waals surface area contributed by atoms with E-state index in [-0.39, 0.29) is 12.5 Å². The number of benzene rings is 1. The number of hydrogen-bond acceptors (Lipinski definition) is 4. The first-order valence-corrected chi connectivity index (χ1v) is 8.01. The Morgan fingerprint density at radius 3 is 2.76 bits per heavy atom. The van der Waals surface area contributed by atoms with Gasteiger partial charge < -0.3 is 10.0 Å². The third kappa shape index (κ3) is 3.74. The van der Waals surface area contributed by atoms with Crippen molar-refractivity contribution >= 4 is 40.4 Å². The fourth-order valence-corrected chi connectivity index (χ4v) is 2.91. The van der Waals surface area contributed by atoms with Gasteiger partial charge in [0, 0.05) is 24.0 Å². The summed E-state index contributed by atoms with van der Waals surface area (Å²) in [6.07, 6.45) is 0. The molecule has 0 unspecified atom stereocenters. The molecule has 7 heteroatoms. The number of aliphatic hydroxyl groups is 1. The highest BCUT2D eigenvalue weighted by atomic mass is 35.5. The van der Waals surface area contributed by atoms with E-state index in [4.69, 9.17) is 28.3 Å². The van der Waals surface area contributed by atoms with Crippen LogP contribution in [0.2, 0.25) is 10.0 Å². The molecule has 1 aromatic heterocycles. The molecule has 2 aromatic rings. The van der Waals surface area contributed by atoms with Gasteiger partial charge in [-0.1, -0.05) is 29.3 Å². The Balaban J connectivity index is 2.24. The van der Waals surface area contributed by atoms with Crippen LogP contribution in [0.25, 0.3) is 10.6 Å². The van der Waals surface area contributed by atoms with Crippen LogP contribution in [0.4, 0.5) is 0 Å². The number of amides is 1. The average molecular weight is 345 g/mol. The molecular weight excluding hydrogens is 331 g/mol. The number of likely N-dealkylation sites (N-methyl/N-ethyl adjacent to an activating group) is 1. The molecule has 2 rings (SSSR count). The van der Waals surface area contributed by atoms with Crippen LogP contribution in [0.5, 0.6) is 0 Å². The monoisotopic (exact) mass is 344 g/mol. The number of hydrogen-bond donors (Lipinski definition) is 1. The fourth-order valence-electron chi connectivity index (χ4n) is 1.82. The van der Waals surface area contributed by atoms with E-state index in [0.717, 1.165) is 5.56 Å². The summed E-state index contributed by atoms with van der Waals surface area (Å²) in [5.74, 6) is -0.186. The molecule has 0 aliphatic rings. The first kappa shape index (κ1) is 16.2. The van der Waals surface area contributed by atoms with Gasteiger partial charge in [0.2, 0.25) is 0 Å². The molecule has 0 saturated carbocycles. The molecule has 0 aliphatic carbocycles. The highest BCUT2D eigenvalue weighted by Gasteiger charge is 2.17. The molecule has 1 amide bonds. The van der Waals surface area contributed by atoms with Gasteiger partial charge in [0.1, 0.15) is 10.7 Å². The van der Waals surface area contributed by atoms with E-state index in [0.29, 0.717) is 33.8 Å². The molecule has 0 radical (unpaired) electrons. The molecule has 0 aliphatic heterocycles. The predicted octanol–water partition coefficient (Wildman–Crippen LogP) is 3.57. The van der Waals surface area contributed by atoms with Gasteiger partial charge in [0.05, 0.1) is 16.7 Å². The zero-order chi connectivity index (χ0) is 15.4. The van der Waals surface area contributed by atoms with E-state index >= 15 is 0 Å². The van der Waals surface area contributed by atoms with Gasteiger partial charge in [-0.3, -0.25) is 4.79 Å². The maximum Gasteiger partial charge on any atom is 0.273 e. The number of aliphatic hydroxyl groups excluding tert-OH is 1. The Morgan fingerprint density at radius 2 is 2.14 bits per heavy atom. The van der Waals surface area contributed by atoms with Gasteiger partial charge in [0.15, 0.2) is 0 Å². The van der Waals surface area contributed by atoms with E-state index in [1.807, 2.05) is 13.0 Å². The zero-order valence-electron chi connectivity index (χ0n) is 11.3. The number of carbonyl (C=O) groups is 1. The Hall–Kier alpha value is -1.14. The van der Waals surface area contributed by atoms with E-state index in [9.17, 15) is 4.79 Å². The van der Waals surface area contributed by atoms with Crippen molar-refractivity contribution in [2.24, 2.45) is 0 Å². The van der Waals surface area contributed by atoms with Crippen LogP contribution < -0.4 is 0 Å². The first-order chi connectivity index (χ1) is 10.1. The van der Waals surface area contributed by atoms with Crippen LogP contribution in [-0.2, 0) is 0 Å². The number of halogens is 2. The van der Waals surface area contributed by atoms with Crippen molar-refractivity contribution in [3.8, 4) is 10.6 Å². The second-order valence-corrected chi connectivity index (χ2v) is 5.95. The van der Waals surface area contributed by atoms with Gasteiger partial charge in [-0.2, -0.15) is 0 Å². The molecule has 21 heavy (non-hydrogen) atoms. The molecule has 0 spiro atoms. The smallest absolute Gasteiger partial charge is 0.273 e. The Labute approximate surface area is 136 Å². The van der Waals surface area contributed by atoms with Crippen LogP contribution in [0, 0.1) is 0 Å². The lowest BCUT2D eigenvalue weighted by Crippen LogP contribution is -2.33. The first-order valence-electron chi connectivity index (χ1n) is 6.38. The highest BCUT2D eigenvalue weighted by Crippen LogP contribution is 2.30. The minimum absolute atomic E-state index is 0.0661. The van der Waals surface area contributed by atoms with Gasteiger partial charge in [-0.25, -0.2) is 4.98 Å². The largest absolute Gasteiger partial charge is 0.395 e. The lowest BCUT2D eigenvalue weighted by Gasteiger charge is -2.18. The Bertz CT molecular complexity index is 646. The lowest BCUT2D eigenvalue weighted by atomic mass is 10.2. The molecule has 1 heterocycles. The molecule has 0 fully saturated rings. The third-order valence-electron chi connectivity index (χ3n) is 2.93. The molecule has 1 aromatic carbocycles. The molecule has 0 bridgehead atoms. The second kappa shape index (κ2) is 7.22. The SMILES string of the molecule is CCN(CCO)C(=O)c1csc(-c2ccc(Cl)c(Cl)c2)n1. The highest BCUT2D eigenvalue weighted by molar-refractivity contribution is 7.13. The van der Waals surface area contributed by atoms with Crippen molar-refractivity contribution in [2.75, 3.05) is 19.7 Å². The van der Waals surface area contributed by atoms with Gasteiger partial charge in [-0.05, 0) is 19.1 Å².